The van der Waals surface area contributed by atoms with Crippen LogP contribution in [0.5, 0.6) is 0 Å². The summed E-state index contributed by atoms with van der Waals surface area (Å²) < 4.78 is 1.85. The second-order valence-corrected chi connectivity index (χ2v) is 5.32. The maximum absolute atomic E-state index is 4.61. The highest BCUT2D eigenvalue weighted by molar-refractivity contribution is 5.84. The normalized spacial score (nSPS) is 12.7. The van der Waals surface area contributed by atoms with Gasteiger partial charge in [-0.2, -0.15) is 5.10 Å². The molecule has 0 fully saturated rings. The Morgan fingerprint density at radius 2 is 2.10 bits per heavy atom. The lowest BCUT2D eigenvalue weighted by Gasteiger charge is -2.17. The van der Waals surface area contributed by atoms with E-state index in [-0.39, 0.29) is 6.04 Å². The number of nitrogens with one attached hydrogen (secondary N) is 1. The van der Waals surface area contributed by atoms with E-state index >= 15 is 0 Å². The second-order valence-electron chi connectivity index (χ2n) is 5.32. The maximum Gasteiger partial charge on any atom is 0.0651 e. The zero-order valence-corrected chi connectivity index (χ0v) is 12.5. The van der Waals surface area contributed by atoms with E-state index < -0.39 is 0 Å². The van der Waals surface area contributed by atoms with Gasteiger partial charge in [0, 0.05) is 24.8 Å². The van der Waals surface area contributed by atoms with Crippen molar-refractivity contribution in [2.45, 2.75) is 18.9 Å². The molecular formula is C17H20N4. The molecule has 0 saturated heterocycles. The van der Waals surface area contributed by atoms with E-state index in [1.54, 1.807) is 0 Å². The molecule has 2 aromatic heterocycles. The second kappa shape index (κ2) is 6.06. The van der Waals surface area contributed by atoms with Crippen molar-refractivity contribution >= 4 is 10.8 Å². The van der Waals surface area contributed by atoms with Gasteiger partial charge in [0.1, 0.15) is 0 Å². The molecule has 0 saturated carbocycles. The summed E-state index contributed by atoms with van der Waals surface area (Å²) in [6.07, 6.45) is 7.89. The lowest BCUT2D eigenvalue weighted by atomic mass is 10.00. The number of fused-ring (bicyclic) bond motifs is 1. The number of nitrogens with zero attached hydrogens (tertiary/aromatic N) is 3. The maximum atomic E-state index is 4.61. The summed E-state index contributed by atoms with van der Waals surface area (Å²) in [4.78, 5) is 4.61. The SMILES string of the molecule is CNC(CCc1cnn(C)c1)c1nccc2ccccc12. The monoisotopic (exact) mass is 280 g/mol. The summed E-state index contributed by atoms with van der Waals surface area (Å²) in [5.41, 5.74) is 2.39. The molecule has 0 amide bonds. The predicted molar refractivity (Wildman–Crippen MR) is 85.1 cm³/mol. The van der Waals surface area contributed by atoms with Gasteiger partial charge in [-0.1, -0.05) is 24.3 Å². The third-order valence-electron chi connectivity index (χ3n) is 3.86. The van der Waals surface area contributed by atoms with Crippen molar-refractivity contribution in [1.29, 1.82) is 0 Å². The van der Waals surface area contributed by atoms with Gasteiger partial charge in [-0.25, -0.2) is 0 Å². The van der Waals surface area contributed by atoms with Crippen LogP contribution in [-0.4, -0.2) is 21.8 Å². The third kappa shape index (κ3) is 2.95. The Balaban J connectivity index is 1.84. The molecule has 1 unspecified atom stereocenters. The van der Waals surface area contributed by atoms with E-state index in [0.29, 0.717) is 0 Å². The number of aromatic nitrogens is 3. The number of hydrogen-bond acceptors (Lipinski definition) is 3. The van der Waals surface area contributed by atoms with E-state index in [9.17, 15) is 0 Å². The molecule has 0 aliphatic carbocycles. The molecule has 21 heavy (non-hydrogen) atoms. The highest BCUT2D eigenvalue weighted by Gasteiger charge is 2.14. The van der Waals surface area contributed by atoms with Crippen LogP contribution >= 0.6 is 0 Å². The van der Waals surface area contributed by atoms with E-state index in [4.69, 9.17) is 0 Å². The molecule has 4 nitrogen and oxygen atoms in total. The molecule has 1 N–H and O–H groups in total. The van der Waals surface area contributed by atoms with Gasteiger partial charge in [0.25, 0.3) is 0 Å². The minimum atomic E-state index is 0.247. The predicted octanol–water partition coefficient (Wildman–Crippen LogP) is 2.86. The van der Waals surface area contributed by atoms with Gasteiger partial charge in [-0.15, -0.1) is 0 Å². The smallest absolute Gasteiger partial charge is 0.0651 e. The van der Waals surface area contributed by atoms with E-state index in [2.05, 4.69) is 51.9 Å². The zero-order valence-electron chi connectivity index (χ0n) is 12.5. The molecule has 1 atom stereocenters. The Morgan fingerprint density at radius 1 is 1.24 bits per heavy atom. The summed E-state index contributed by atoms with van der Waals surface area (Å²) in [5, 5.41) is 10.1. The minimum Gasteiger partial charge on any atom is -0.312 e. The number of aryl methyl sites for hydroxylation is 2. The number of rotatable bonds is 5. The average Bonchev–Trinajstić information content (AvgIpc) is 2.93. The van der Waals surface area contributed by atoms with Crippen molar-refractivity contribution in [3.8, 4) is 0 Å². The van der Waals surface area contributed by atoms with Crippen LogP contribution in [-0.2, 0) is 13.5 Å². The number of hydrogen-bond donors (Lipinski definition) is 1. The van der Waals surface area contributed by atoms with Crippen molar-refractivity contribution in [2.24, 2.45) is 7.05 Å². The van der Waals surface area contributed by atoms with E-state index in [1.165, 1.54) is 16.3 Å². The van der Waals surface area contributed by atoms with Crippen LogP contribution in [0.25, 0.3) is 10.8 Å². The molecule has 0 bridgehead atoms. The Hall–Kier alpha value is -2.20. The highest BCUT2D eigenvalue weighted by atomic mass is 15.2. The van der Waals surface area contributed by atoms with Crippen molar-refractivity contribution in [3.05, 3.63) is 60.2 Å². The van der Waals surface area contributed by atoms with Crippen molar-refractivity contribution in [1.82, 2.24) is 20.1 Å². The first-order chi connectivity index (χ1) is 10.3. The van der Waals surface area contributed by atoms with Crippen molar-refractivity contribution < 1.29 is 0 Å². The van der Waals surface area contributed by atoms with Crippen LogP contribution in [0, 0.1) is 0 Å². The summed E-state index contributed by atoms with van der Waals surface area (Å²) in [6.45, 7) is 0. The largest absolute Gasteiger partial charge is 0.312 e. The van der Waals surface area contributed by atoms with Crippen molar-refractivity contribution in [3.63, 3.8) is 0 Å². The first-order valence-corrected chi connectivity index (χ1v) is 7.26. The van der Waals surface area contributed by atoms with Gasteiger partial charge in [-0.3, -0.25) is 9.67 Å². The Labute approximate surface area is 124 Å². The van der Waals surface area contributed by atoms with Crippen LogP contribution in [0.15, 0.2) is 48.9 Å². The lowest BCUT2D eigenvalue weighted by Crippen LogP contribution is -2.18. The molecule has 108 valence electrons. The van der Waals surface area contributed by atoms with Crippen LogP contribution in [0.1, 0.15) is 23.7 Å². The Bertz CT molecular complexity index is 727. The third-order valence-corrected chi connectivity index (χ3v) is 3.86. The number of pyridine rings is 1. The Morgan fingerprint density at radius 3 is 2.86 bits per heavy atom. The molecule has 1 aromatic carbocycles. The van der Waals surface area contributed by atoms with Crippen LogP contribution in [0.2, 0.25) is 0 Å². The quantitative estimate of drug-likeness (QED) is 0.781. The molecule has 3 rings (SSSR count). The molecule has 3 aromatic rings. The number of benzene rings is 1. The summed E-state index contributed by atoms with van der Waals surface area (Å²) in [7, 11) is 3.95. The molecule has 0 aliphatic heterocycles. The first kappa shape index (κ1) is 13.8. The van der Waals surface area contributed by atoms with Crippen LogP contribution in [0.3, 0.4) is 0 Å². The fourth-order valence-electron chi connectivity index (χ4n) is 2.75. The lowest BCUT2D eigenvalue weighted by molar-refractivity contribution is 0.540. The molecule has 0 radical (unpaired) electrons. The molecule has 0 aliphatic rings. The van der Waals surface area contributed by atoms with Gasteiger partial charge in [-0.05, 0) is 36.9 Å². The highest BCUT2D eigenvalue weighted by Crippen LogP contribution is 2.25. The summed E-state index contributed by atoms with van der Waals surface area (Å²) >= 11 is 0. The molecular weight excluding hydrogens is 260 g/mol. The summed E-state index contributed by atoms with van der Waals surface area (Å²) in [6, 6.07) is 10.7. The topological polar surface area (TPSA) is 42.7 Å². The molecule has 2 heterocycles. The first-order valence-electron chi connectivity index (χ1n) is 7.26. The molecule has 0 spiro atoms. The average molecular weight is 280 g/mol. The fourth-order valence-corrected chi connectivity index (χ4v) is 2.75. The van der Waals surface area contributed by atoms with Gasteiger partial charge in [0.2, 0.25) is 0 Å². The van der Waals surface area contributed by atoms with Gasteiger partial charge in [0.15, 0.2) is 0 Å². The van der Waals surface area contributed by atoms with Gasteiger partial charge in [0.05, 0.1) is 17.9 Å². The van der Waals surface area contributed by atoms with Crippen LogP contribution < -0.4 is 5.32 Å². The standard InChI is InChI=1S/C17H20N4/c1-18-16(8-7-13-11-20-21(2)12-13)17-15-6-4-3-5-14(15)9-10-19-17/h3-6,9-12,16,18H,7-8H2,1-2H3. The minimum absolute atomic E-state index is 0.247. The Kier molecular flexibility index (Phi) is 3.97. The molecule has 4 heteroatoms. The van der Waals surface area contributed by atoms with E-state index in [1.807, 2.05) is 31.2 Å². The van der Waals surface area contributed by atoms with Crippen LogP contribution in [0.4, 0.5) is 0 Å². The van der Waals surface area contributed by atoms with Gasteiger partial charge >= 0.3 is 0 Å². The zero-order chi connectivity index (χ0) is 14.7. The fraction of sp³-hybridized carbons (Fsp3) is 0.294. The van der Waals surface area contributed by atoms with Gasteiger partial charge < -0.3 is 5.32 Å². The summed E-state index contributed by atoms with van der Waals surface area (Å²) in [5.74, 6) is 0. The van der Waals surface area contributed by atoms with E-state index in [0.717, 1.165) is 18.5 Å². The van der Waals surface area contributed by atoms with Crippen molar-refractivity contribution in [2.75, 3.05) is 7.05 Å².